The van der Waals surface area contributed by atoms with E-state index in [0.717, 1.165) is 18.3 Å². The van der Waals surface area contributed by atoms with E-state index < -0.39 is 5.97 Å². The van der Waals surface area contributed by atoms with Crippen molar-refractivity contribution in [1.29, 1.82) is 0 Å². The smallest absolute Gasteiger partial charge is 0.363 e. The summed E-state index contributed by atoms with van der Waals surface area (Å²) in [5, 5.41) is 2.69. The van der Waals surface area contributed by atoms with Gasteiger partial charge in [-0.05, 0) is 99.3 Å². The van der Waals surface area contributed by atoms with Gasteiger partial charge in [0.25, 0.3) is 0 Å². The zero-order valence-electron chi connectivity index (χ0n) is 18.8. The number of benzene rings is 3. The van der Waals surface area contributed by atoms with Crippen LogP contribution in [0.15, 0.2) is 71.4 Å². The molecule has 4 rings (SSSR count). The van der Waals surface area contributed by atoms with Crippen molar-refractivity contribution >= 4 is 74.7 Å². The van der Waals surface area contributed by atoms with Crippen molar-refractivity contribution in [3.8, 4) is 11.5 Å². The van der Waals surface area contributed by atoms with Crippen LogP contribution >= 0.6 is 45.2 Å². The lowest BCUT2D eigenvalue weighted by Crippen LogP contribution is -2.07. The molecule has 0 bridgehead atoms. The highest BCUT2D eigenvalue weighted by Gasteiger charge is 2.24. The van der Waals surface area contributed by atoms with E-state index in [1.807, 2.05) is 30.3 Å². The van der Waals surface area contributed by atoms with Gasteiger partial charge in [-0.2, -0.15) is 0 Å². The van der Waals surface area contributed by atoms with Crippen LogP contribution in [0.4, 0.5) is 5.69 Å². The number of amides is 1. The molecule has 1 amide bonds. The highest BCUT2D eigenvalue weighted by molar-refractivity contribution is 14.1. The van der Waals surface area contributed by atoms with Crippen molar-refractivity contribution in [3.63, 3.8) is 0 Å². The summed E-state index contributed by atoms with van der Waals surface area (Å²) >= 11 is 4.47. The number of hydrogen-bond acceptors (Lipinski definition) is 6. The van der Waals surface area contributed by atoms with Crippen molar-refractivity contribution in [2.45, 2.75) is 13.5 Å². The third kappa shape index (κ3) is 6.20. The number of rotatable bonds is 7. The summed E-state index contributed by atoms with van der Waals surface area (Å²) in [4.78, 5) is 28.0. The Bertz CT molecular complexity index is 1350. The number of esters is 1. The van der Waals surface area contributed by atoms with Crippen LogP contribution < -0.4 is 14.8 Å². The second kappa shape index (κ2) is 11.2. The van der Waals surface area contributed by atoms with Crippen LogP contribution in [0, 0.1) is 7.14 Å². The van der Waals surface area contributed by atoms with E-state index in [1.165, 1.54) is 6.92 Å². The molecule has 0 atom stereocenters. The molecule has 0 radical (unpaired) electrons. The predicted octanol–water partition coefficient (Wildman–Crippen LogP) is 5.79. The second-order valence-electron chi connectivity index (χ2n) is 7.51. The maximum absolute atomic E-state index is 12.5. The Hall–Kier alpha value is -2.93. The first-order valence-electron chi connectivity index (χ1n) is 10.5. The van der Waals surface area contributed by atoms with Crippen molar-refractivity contribution in [2.75, 3.05) is 12.4 Å². The van der Waals surface area contributed by atoms with Crippen LogP contribution in [0.25, 0.3) is 6.08 Å². The van der Waals surface area contributed by atoms with E-state index in [9.17, 15) is 9.59 Å². The molecule has 1 N–H and O–H groups in total. The van der Waals surface area contributed by atoms with Gasteiger partial charge in [-0.15, -0.1) is 0 Å². The molecule has 1 aliphatic rings. The fourth-order valence-corrected chi connectivity index (χ4v) is 4.64. The number of methoxy groups -OCH3 is 1. The molecule has 178 valence electrons. The maximum Gasteiger partial charge on any atom is 0.363 e. The minimum absolute atomic E-state index is 0.163. The van der Waals surface area contributed by atoms with Crippen LogP contribution in [0.3, 0.4) is 0 Å². The molecule has 3 aromatic rings. The average molecular weight is 694 g/mol. The molecular formula is C26H20I2N2O5. The van der Waals surface area contributed by atoms with E-state index in [2.05, 4.69) is 55.5 Å². The van der Waals surface area contributed by atoms with Crippen molar-refractivity contribution in [1.82, 2.24) is 0 Å². The molecule has 0 aromatic heterocycles. The summed E-state index contributed by atoms with van der Waals surface area (Å²) in [5.74, 6) is 0.684. The Kier molecular flexibility index (Phi) is 8.06. The number of carbonyl (C=O) groups is 2. The Morgan fingerprint density at radius 2 is 1.83 bits per heavy atom. The fraction of sp³-hybridized carbons (Fsp3) is 0.115. The Labute approximate surface area is 229 Å². The zero-order valence-corrected chi connectivity index (χ0v) is 23.1. The standard InChI is InChI=1S/C26H20I2N2O5/c1-15(31)29-19-9-7-17(8-10-19)25-30-22(26(32)35-25)12-16-11-21(28)24(23(13-16)33-2)34-14-18-5-3-4-6-20(18)27/h3-13H,14H2,1-2H3,(H,29,31)/b22-12-. The summed E-state index contributed by atoms with van der Waals surface area (Å²) < 4.78 is 19.0. The molecule has 7 nitrogen and oxygen atoms in total. The second-order valence-corrected chi connectivity index (χ2v) is 9.83. The summed E-state index contributed by atoms with van der Waals surface area (Å²) in [6.45, 7) is 1.85. The fourth-order valence-electron chi connectivity index (χ4n) is 3.32. The summed E-state index contributed by atoms with van der Waals surface area (Å²) in [5.41, 5.74) is 3.26. The van der Waals surface area contributed by atoms with Gasteiger partial charge in [-0.1, -0.05) is 18.2 Å². The number of cyclic esters (lactones) is 1. The van der Waals surface area contributed by atoms with Gasteiger partial charge in [-0.25, -0.2) is 9.79 Å². The quantitative estimate of drug-likeness (QED) is 0.193. The summed E-state index contributed by atoms with van der Waals surface area (Å²) in [6.07, 6.45) is 1.65. The first-order chi connectivity index (χ1) is 16.8. The SMILES string of the molecule is COc1cc(/C=C2\N=C(c3ccc(NC(C)=O)cc3)OC2=O)cc(I)c1OCc1ccccc1I. The maximum atomic E-state index is 12.5. The van der Waals surface area contributed by atoms with Gasteiger partial charge in [0.1, 0.15) is 6.61 Å². The minimum Gasteiger partial charge on any atom is -0.493 e. The molecule has 3 aromatic carbocycles. The highest BCUT2D eigenvalue weighted by Crippen LogP contribution is 2.36. The molecule has 0 spiro atoms. The van der Waals surface area contributed by atoms with Crippen molar-refractivity contribution in [3.05, 3.63) is 90.2 Å². The zero-order chi connectivity index (χ0) is 24.9. The number of aliphatic imine (C=N–C) groups is 1. The van der Waals surface area contributed by atoms with Gasteiger partial charge < -0.3 is 19.5 Å². The number of nitrogens with zero attached hydrogens (tertiary/aromatic N) is 1. The molecule has 0 fully saturated rings. The third-order valence-electron chi connectivity index (χ3n) is 4.96. The van der Waals surface area contributed by atoms with E-state index >= 15 is 0 Å². The number of anilines is 1. The highest BCUT2D eigenvalue weighted by atomic mass is 127. The lowest BCUT2D eigenvalue weighted by Gasteiger charge is -2.14. The molecule has 0 saturated carbocycles. The molecule has 1 heterocycles. The molecule has 0 unspecified atom stereocenters. The molecule has 35 heavy (non-hydrogen) atoms. The van der Waals surface area contributed by atoms with Crippen molar-refractivity contribution in [2.24, 2.45) is 4.99 Å². The van der Waals surface area contributed by atoms with E-state index in [0.29, 0.717) is 29.4 Å². The third-order valence-corrected chi connectivity index (χ3v) is 6.81. The van der Waals surface area contributed by atoms with Crippen LogP contribution in [-0.2, 0) is 20.9 Å². The largest absolute Gasteiger partial charge is 0.493 e. The normalized spacial score (nSPS) is 13.9. The van der Waals surface area contributed by atoms with Gasteiger partial charge in [0.2, 0.25) is 11.8 Å². The van der Waals surface area contributed by atoms with E-state index in [-0.39, 0.29) is 17.5 Å². The summed E-state index contributed by atoms with van der Waals surface area (Å²) in [7, 11) is 1.58. The molecule has 1 aliphatic heterocycles. The van der Waals surface area contributed by atoms with Gasteiger partial charge in [0.15, 0.2) is 17.2 Å². The number of hydrogen-bond donors (Lipinski definition) is 1. The molecule has 0 aliphatic carbocycles. The van der Waals surface area contributed by atoms with E-state index in [1.54, 1.807) is 43.5 Å². The monoisotopic (exact) mass is 694 g/mol. The first-order valence-corrected chi connectivity index (χ1v) is 12.6. The topological polar surface area (TPSA) is 86.2 Å². The van der Waals surface area contributed by atoms with Crippen LogP contribution in [-0.4, -0.2) is 24.9 Å². The predicted molar refractivity (Wildman–Crippen MR) is 151 cm³/mol. The number of nitrogens with one attached hydrogen (secondary N) is 1. The average Bonchev–Trinajstić information content (AvgIpc) is 3.19. The van der Waals surface area contributed by atoms with Crippen LogP contribution in [0.5, 0.6) is 11.5 Å². The number of ether oxygens (including phenoxy) is 3. The van der Waals surface area contributed by atoms with Gasteiger partial charge >= 0.3 is 5.97 Å². The van der Waals surface area contributed by atoms with Crippen molar-refractivity contribution < 1.29 is 23.8 Å². The van der Waals surface area contributed by atoms with Gasteiger partial charge in [0.05, 0.1) is 10.7 Å². The van der Waals surface area contributed by atoms with Gasteiger partial charge in [-0.3, -0.25) is 4.79 Å². The number of halogens is 2. The Balaban J connectivity index is 1.56. The lowest BCUT2D eigenvalue weighted by molar-refractivity contribution is -0.129. The van der Waals surface area contributed by atoms with Crippen LogP contribution in [0.2, 0.25) is 0 Å². The summed E-state index contributed by atoms with van der Waals surface area (Å²) in [6, 6.07) is 18.6. The minimum atomic E-state index is -0.543. The van der Waals surface area contributed by atoms with E-state index in [4.69, 9.17) is 14.2 Å². The number of carbonyl (C=O) groups excluding carboxylic acids is 2. The Morgan fingerprint density at radius 1 is 1.09 bits per heavy atom. The van der Waals surface area contributed by atoms with Gasteiger partial charge in [0, 0.05) is 27.3 Å². The lowest BCUT2D eigenvalue weighted by atomic mass is 10.1. The molecular weight excluding hydrogens is 674 g/mol. The Morgan fingerprint density at radius 3 is 2.51 bits per heavy atom. The molecule has 9 heteroatoms. The van der Waals surface area contributed by atoms with Crippen LogP contribution in [0.1, 0.15) is 23.6 Å². The first kappa shape index (κ1) is 25.2. The molecule has 0 saturated heterocycles.